The molecule has 0 saturated carbocycles. The maximum atomic E-state index is 11.3. The molecule has 0 aliphatic heterocycles. The Morgan fingerprint density at radius 3 is 2.93 bits per heavy atom. The number of nitrogens with two attached hydrogens (primary N) is 1. The molecule has 0 radical (unpaired) electrons. The lowest BCUT2D eigenvalue weighted by Crippen LogP contribution is -2.28. The van der Waals surface area contributed by atoms with E-state index in [1.807, 2.05) is 6.92 Å². The van der Waals surface area contributed by atoms with Gasteiger partial charge in [0.15, 0.2) is 0 Å². The van der Waals surface area contributed by atoms with Crippen LogP contribution >= 0.6 is 0 Å². The van der Waals surface area contributed by atoms with Gasteiger partial charge in [0, 0.05) is 25.0 Å². The van der Waals surface area contributed by atoms with Gasteiger partial charge >= 0.3 is 0 Å². The van der Waals surface area contributed by atoms with Gasteiger partial charge in [0.25, 0.3) is 0 Å². The van der Waals surface area contributed by atoms with E-state index >= 15 is 0 Å². The van der Waals surface area contributed by atoms with E-state index in [1.54, 1.807) is 10.8 Å². The van der Waals surface area contributed by atoms with Crippen LogP contribution in [0.5, 0.6) is 0 Å². The normalized spacial score (nSPS) is 9.93. The Morgan fingerprint density at radius 2 is 2.33 bits per heavy atom. The van der Waals surface area contributed by atoms with E-state index in [4.69, 9.17) is 5.73 Å². The molecule has 5 heteroatoms. The molecule has 0 fully saturated rings. The maximum Gasteiger partial charge on any atom is 0.239 e. The number of hydrogen-bond donors (Lipinski definition) is 2. The summed E-state index contributed by atoms with van der Waals surface area (Å²) in [6.07, 6.45) is 3.91. The molecular weight excluding hydrogens is 194 g/mol. The molecule has 1 amide bonds. The van der Waals surface area contributed by atoms with E-state index in [2.05, 4.69) is 5.32 Å². The van der Waals surface area contributed by atoms with E-state index in [0.29, 0.717) is 6.54 Å². The molecule has 5 nitrogen and oxygen atoms in total. The molecule has 1 heterocycles. The minimum Gasteiger partial charge on any atom is -0.394 e. The van der Waals surface area contributed by atoms with Crippen molar-refractivity contribution in [1.82, 2.24) is 9.88 Å². The molecule has 1 aromatic heterocycles. The third-order valence-corrected chi connectivity index (χ3v) is 1.91. The summed E-state index contributed by atoms with van der Waals surface area (Å²) in [5, 5.41) is 2.74. The quantitative estimate of drug-likeness (QED) is 0.730. The number of hydrogen-bond acceptors (Lipinski definition) is 3. The van der Waals surface area contributed by atoms with Crippen LogP contribution in [-0.4, -0.2) is 17.0 Å². The standard InChI is InChI=1S/C10H15N3O2/c1-2-4-12-10(15)7-13-5-3-9(14)8(11)6-13/h3,5-6H,2,4,7,11H2,1H3,(H,12,15). The predicted molar refractivity (Wildman–Crippen MR) is 58.4 cm³/mol. The highest BCUT2D eigenvalue weighted by Gasteiger charge is 2.01. The minimum absolute atomic E-state index is 0.0834. The van der Waals surface area contributed by atoms with E-state index in [9.17, 15) is 9.59 Å². The Kier molecular flexibility index (Phi) is 3.91. The van der Waals surface area contributed by atoms with Crippen molar-refractivity contribution in [2.24, 2.45) is 0 Å². The first-order chi connectivity index (χ1) is 7.13. The number of amides is 1. The van der Waals surface area contributed by atoms with Crippen molar-refractivity contribution < 1.29 is 4.79 Å². The number of carbonyl (C=O) groups excluding carboxylic acids is 1. The lowest BCUT2D eigenvalue weighted by atomic mass is 10.4. The van der Waals surface area contributed by atoms with Crippen LogP contribution < -0.4 is 16.5 Å². The zero-order valence-corrected chi connectivity index (χ0v) is 8.69. The Morgan fingerprint density at radius 1 is 1.60 bits per heavy atom. The molecule has 0 bridgehead atoms. The molecule has 0 spiro atoms. The second-order valence-electron chi connectivity index (χ2n) is 3.29. The van der Waals surface area contributed by atoms with E-state index < -0.39 is 0 Å². The van der Waals surface area contributed by atoms with Gasteiger partial charge in [-0.15, -0.1) is 0 Å². The van der Waals surface area contributed by atoms with Crippen LogP contribution in [0.3, 0.4) is 0 Å². The van der Waals surface area contributed by atoms with Crippen LogP contribution in [0, 0.1) is 0 Å². The van der Waals surface area contributed by atoms with Crippen LogP contribution in [-0.2, 0) is 11.3 Å². The van der Waals surface area contributed by atoms with E-state index in [0.717, 1.165) is 6.42 Å². The molecule has 15 heavy (non-hydrogen) atoms. The lowest BCUT2D eigenvalue weighted by molar-refractivity contribution is -0.121. The van der Waals surface area contributed by atoms with Gasteiger partial charge < -0.3 is 15.6 Å². The van der Waals surface area contributed by atoms with Crippen molar-refractivity contribution >= 4 is 11.6 Å². The smallest absolute Gasteiger partial charge is 0.239 e. The molecular formula is C10H15N3O2. The molecule has 1 aromatic rings. The second kappa shape index (κ2) is 5.19. The summed E-state index contributed by atoms with van der Waals surface area (Å²) in [5.41, 5.74) is 5.36. The molecule has 3 N–H and O–H groups in total. The molecule has 1 rings (SSSR count). The first-order valence-electron chi connectivity index (χ1n) is 4.85. The van der Waals surface area contributed by atoms with Crippen LogP contribution in [0.4, 0.5) is 5.69 Å². The van der Waals surface area contributed by atoms with Crippen LogP contribution in [0.25, 0.3) is 0 Å². The average Bonchev–Trinajstić information content (AvgIpc) is 2.20. The van der Waals surface area contributed by atoms with Crippen molar-refractivity contribution in [3.8, 4) is 0 Å². The number of aromatic nitrogens is 1. The van der Waals surface area contributed by atoms with Gasteiger partial charge in [-0.3, -0.25) is 9.59 Å². The van der Waals surface area contributed by atoms with Crippen LogP contribution in [0.1, 0.15) is 13.3 Å². The van der Waals surface area contributed by atoms with Crippen molar-refractivity contribution in [1.29, 1.82) is 0 Å². The molecule has 0 aliphatic rings. The topological polar surface area (TPSA) is 77.1 Å². The average molecular weight is 209 g/mol. The highest BCUT2D eigenvalue weighted by Crippen LogP contribution is 1.93. The SMILES string of the molecule is CCCNC(=O)Cn1ccc(=O)c(N)c1. The summed E-state index contributed by atoms with van der Waals surface area (Å²) >= 11 is 0. The summed E-state index contributed by atoms with van der Waals surface area (Å²) < 4.78 is 1.59. The van der Waals surface area contributed by atoms with Crippen molar-refractivity contribution in [2.75, 3.05) is 12.3 Å². The minimum atomic E-state index is -0.222. The van der Waals surface area contributed by atoms with Gasteiger partial charge in [0.1, 0.15) is 6.54 Å². The van der Waals surface area contributed by atoms with Gasteiger partial charge in [-0.25, -0.2) is 0 Å². The molecule has 0 atom stereocenters. The predicted octanol–water partition coefficient (Wildman–Crippen LogP) is -0.0433. The third-order valence-electron chi connectivity index (χ3n) is 1.91. The number of anilines is 1. The van der Waals surface area contributed by atoms with Crippen molar-refractivity contribution in [2.45, 2.75) is 19.9 Å². The van der Waals surface area contributed by atoms with E-state index in [1.165, 1.54) is 12.3 Å². The van der Waals surface area contributed by atoms with Gasteiger partial charge in [-0.1, -0.05) is 6.92 Å². The molecule has 82 valence electrons. The molecule has 0 aromatic carbocycles. The number of carbonyl (C=O) groups is 1. The monoisotopic (exact) mass is 209 g/mol. The second-order valence-corrected chi connectivity index (χ2v) is 3.29. The van der Waals surface area contributed by atoms with E-state index in [-0.39, 0.29) is 23.6 Å². The number of nitrogen functional groups attached to an aromatic ring is 1. The zero-order valence-electron chi connectivity index (χ0n) is 8.69. The molecule has 0 saturated heterocycles. The highest BCUT2D eigenvalue weighted by molar-refractivity contribution is 5.75. The first kappa shape index (κ1) is 11.3. The third kappa shape index (κ3) is 3.46. The number of pyridine rings is 1. The van der Waals surface area contributed by atoms with Crippen molar-refractivity contribution in [3.05, 3.63) is 28.7 Å². The summed E-state index contributed by atoms with van der Waals surface area (Å²) in [5.74, 6) is -0.0834. The maximum absolute atomic E-state index is 11.3. The summed E-state index contributed by atoms with van der Waals surface area (Å²) in [4.78, 5) is 22.3. The fraction of sp³-hybridized carbons (Fsp3) is 0.400. The van der Waals surface area contributed by atoms with Crippen molar-refractivity contribution in [3.63, 3.8) is 0 Å². The van der Waals surface area contributed by atoms with Crippen LogP contribution in [0.2, 0.25) is 0 Å². The lowest BCUT2D eigenvalue weighted by Gasteiger charge is -2.07. The summed E-state index contributed by atoms with van der Waals surface area (Å²) in [6.45, 7) is 2.83. The largest absolute Gasteiger partial charge is 0.394 e. The number of nitrogens with one attached hydrogen (secondary N) is 1. The van der Waals surface area contributed by atoms with Gasteiger partial charge in [0.05, 0.1) is 5.69 Å². The summed E-state index contributed by atoms with van der Waals surface area (Å²) in [7, 11) is 0. The zero-order chi connectivity index (χ0) is 11.3. The summed E-state index contributed by atoms with van der Waals surface area (Å²) in [6, 6.07) is 1.35. The van der Waals surface area contributed by atoms with Gasteiger partial charge in [-0.05, 0) is 6.42 Å². The number of nitrogens with zero attached hydrogens (tertiary/aromatic N) is 1. The fourth-order valence-electron chi connectivity index (χ4n) is 1.13. The van der Waals surface area contributed by atoms with Crippen LogP contribution in [0.15, 0.2) is 23.3 Å². The Balaban J connectivity index is 2.61. The number of rotatable bonds is 4. The van der Waals surface area contributed by atoms with Gasteiger partial charge in [-0.2, -0.15) is 0 Å². The van der Waals surface area contributed by atoms with Gasteiger partial charge in [0.2, 0.25) is 11.3 Å². The highest BCUT2D eigenvalue weighted by atomic mass is 16.2. The Hall–Kier alpha value is -1.78. The Labute approximate surface area is 87.9 Å². The molecule has 0 unspecified atom stereocenters. The fourth-order valence-corrected chi connectivity index (χ4v) is 1.13. The first-order valence-corrected chi connectivity index (χ1v) is 4.85. The Bertz CT molecular complexity index is 398. The molecule has 0 aliphatic carbocycles.